The molecule has 34 heavy (non-hydrogen) atoms. The summed E-state index contributed by atoms with van der Waals surface area (Å²) in [6, 6.07) is -1.24. The van der Waals surface area contributed by atoms with Crippen LogP contribution in [0.25, 0.3) is 0 Å². The predicted octanol–water partition coefficient (Wildman–Crippen LogP) is 5.13. The van der Waals surface area contributed by atoms with Gasteiger partial charge < -0.3 is 23.7 Å². The summed E-state index contributed by atoms with van der Waals surface area (Å²) in [5.41, 5.74) is -0.949. The Morgan fingerprint density at radius 1 is 1.09 bits per heavy atom. The van der Waals surface area contributed by atoms with Gasteiger partial charge in [-0.3, -0.25) is 0 Å². The number of amides is 2. The number of hydrogen-bond acceptors (Lipinski definition) is 8. The van der Waals surface area contributed by atoms with Crippen LogP contribution >= 0.6 is 0 Å². The Kier molecular flexibility index (Phi) is 10.6. The third-order valence-electron chi connectivity index (χ3n) is 4.66. The minimum Gasteiger partial charge on any atom is -0.492 e. The van der Waals surface area contributed by atoms with Crippen LogP contribution < -0.4 is 0 Å². The highest BCUT2D eigenvalue weighted by Crippen LogP contribution is 2.26. The molecular weight excluding hydrogens is 442 g/mol. The van der Waals surface area contributed by atoms with Crippen molar-refractivity contribution < 1.29 is 38.1 Å². The van der Waals surface area contributed by atoms with Gasteiger partial charge in [-0.25, -0.2) is 14.4 Å². The maximum Gasteiger partial charge on any atom is 0.420 e. The Morgan fingerprint density at radius 3 is 2.06 bits per heavy atom. The summed E-state index contributed by atoms with van der Waals surface area (Å²) in [6.07, 6.45) is -1.43. The molecule has 1 saturated heterocycles. The lowest BCUT2D eigenvalue weighted by Gasteiger charge is -2.33. The van der Waals surface area contributed by atoms with Crippen molar-refractivity contribution in [1.29, 1.82) is 0 Å². The van der Waals surface area contributed by atoms with Crippen LogP contribution in [0.2, 0.25) is 0 Å². The SMILES string of the molecule is C=CO[C@H]1[C@H](C)OC(=O)[C@@H](N(C(=O)OC(C)(C)C)C(=O)OC(C)(C)C)CCC[C@@H]1OCC(=C)C. The molecule has 0 aromatic carbocycles. The highest BCUT2D eigenvalue weighted by molar-refractivity contribution is 5.94. The zero-order chi connectivity index (χ0) is 26.3. The van der Waals surface area contributed by atoms with Crippen molar-refractivity contribution in [3.63, 3.8) is 0 Å². The number of hydrogen-bond donors (Lipinski definition) is 0. The van der Waals surface area contributed by atoms with E-state index in [4.69, 9.17) is 23.7 Å². The van der Waals surface area contributed by atoms with Gasteiger partial charge in [-0.05, 0) is 74.7 Å². The Balaban J connectivity index is 3.30. The van der Waals surface area contributed by atoms with Gasteiger partial charge in [0.1, 0.15) is 23.3 Å². The summed E-state index contributed by atoms with van der Waals surface area (Å²) in [7, 11) is 0. The Hall–Kier alpha value is -2.55. The number of carbonyl (C=O) groups excluding carboxylic acids is 3. The lowest BCUT2D eigenvalue weighted by Crippen LogP contribution is -2.53. The standard InChI is InChI=1S/C25H41NO8/c1-11-30-20-17(4)32-21(27)18(13-12-14-19(20)31-15-16(2)3)26(22(28)33-24(5,6)7)23(29)34-25(8,9)10/h11,17-20H,1-2,12-15H2,3-10H3/t17-,18-,19-,20-/m0/s1. The molecule has 0 radical (unpaired) electrons. The summed E-state index contributed by atoms with van der Waals surface area (Å²) in [6.45, 7) is 21.3. The zero-order valence-corrected chi connectivity index (χ0v) is 21.8. The second-order valence-corrected chi connectivity index (χ2v) is 10.5. The Labute approximate surface area is 203 Å². The van der Waals surface area contributed by atoms with Crippen LogP contribution in [0.15, 0.2) is 25.0 Å². The summed E-state index contributed by atoms with van der Waals surface area (Å²) < 4.78 is 28.1. The van der Waals surface area contributed by atoms with Crippen LogP contribution in [0, 0.1) is 0 Å². The fourth-order valence-corrected chi connectivity index (χ4v) is 3.35. The molecule has 0 aromatic rings. The summed E-state index contributed by atoms with van der Waals surface area (Å²) >= 11 is 0. The monoisotopic (exact) mass is 483 g/mol. The molecule has 1 aliphatic heterocycles. The third-order valence-corrected chi connectivity index (χ3v) is 4.66. The van der Waals surface area contributed by atoms with Crippen LogP contribution in [-0.4, -0.2) is 65.2 Å². The first-order valence-electron chi connectivity index (χ1n) is 11.5. The number of nitrogens with zero attached hydrogens (tertiary/aromatic N) is 1. The second kappa shape index (κ2) is 12.2. The molecule has 2 amide bonds. The minimum atomic E-state index is -1.24. The van der Waals surface area contributed by atoms with Crippen molar-refractivity contribution in [3.05, 3.63) is 25.0 Å². The summed E-state index contributed by atoms with van der Waals surface area (Å²) in [5, 5.41) is 0. The maximum atomic E-state index is 13.2. The second-order valence-electron chi connectivity index (χ2n) is 10.5. The van der Waals surface area contributed by atoms with Gasteiger partial charge in [0.05, 0.1) is 19.0 Å². The van der Waals surface area contributed by atoms with Crippen molar-refractivity contribution in [2.24, 2.45) is 0 Å². The van der Waals surface area contributed by atoms with E-state index in [-0.39, 0.29) is 6.42 Å². The van der Waals surface area contributed by atoms with Crippen molar-refractivity contribution in [2.45, 2.75) is 110 Å². The molecule has 9 heteroatoms. The van der Waals surface area contributed by atoms with E-state index in [0.717, 1.165) is 5.57 Å². The lowest BCUT2D eigenvalue weighted by atomic mass is 10.0. The van der Waals surface area contributed by atoms with Crippen molar-refractivity contribution in [1.82, 2.24) is 4.90 Å². The first-order chi connectivity index (χ1) is 15.6. The van der Waals surface area contributed by atoms with Crippen LogP contribution in [0.5, 0.6) is 0 Å². The molecule has 9 nitrogen and oxygen atoms in total. The molecule has 4 atom stereocenters. The number of carbonyl (C=O) groups is 3. The van der Waals surface area contributed by atoms with E-state index in [0.29, 0.717) is 24.3 Å². The molecule has 1 fully saturated rings. The highest BCUT2D eigenvalue weighted by Gasteiger charge is 2.43. The quantitative estimate of drug-likeness (QED) is 0.222. The average Bonchev–Trinajstić information content (AvgIpc) is 2.68. The van der Waals surface area contributed by atoms with Gasteiger partial charge in [0, 0.05) is 0 Å². The lowest BCUT2D eigenvalue weighted by molar-refractivity contribution is -0.164. The zero-order valence-electron chi connectivity index (χ0n) is 21.8. The van der Waals surface area contributed by atoms with Crippen LogP contribution in [0.4, 0.5) is 9.59 Å². The number of rotatable bonds is 6. The highest BCUT2D eigenvalue weighted by atomic mass is 16.6. The molecule has 0 unspecified atom stereocenters. The first kappa shape index (κ1) is 29.5. The van der Waals surface area contributed by atoms with Crippen molar-refractivity contribution in [2.75, 3.05) is 6.61 Å². The smallest absolute Gasteiger partial charge is 0.420 e. The molecule has 0 N–H and O–H groups in total. The van der Waals surface area contributed by atoms with E-state index in [1.165, 1.54) is 6.26 Å². The Morgan fingerprint density at radius 2 is 1.62 bits per heavy atom. The number of ether oxygens (including phenoxy) is 5. The predicted molar refractivity (Wildman–Crippen MR) is 127 cm³/mol. The van der Waals surface area contributed by atoms with Crippen LogP contribution in [-0.2, 0) is 28.5 Å². The molecule has 194 valence electrons. The van der Waals surface area contributed by atoms with E-state index >= 15 is 0 Å². The van der Waals surface area contributed by atoms with Crippen molar-refractivity contribution >= 4 is 18.2 Å². The van der Waals surface area contributed by atoms with Crippen LogP contribution in [0.1, 0.15) is 74.7 Å². The van der Waals surface area contributed by atoms with Crippen LogP contribution in [0.3, 0.4) is 0 Å². The van der Waals surface area contributed by atoms with Gasteiger partial charge in [0.25, 0.3) is 0 Å². The summed E-state index contributed by atoms with van der Waals surface area (Å²) in [5.74, 6) is -0.762. The molecule has 0 aliphatic carbocycles. The molecule has 0 spiro atoms. The van der Waals surface area contributed by atoms with E-state index in [1.807, 2.05) is 6.92 Å². The van der Waals surface area contributed by atoms with Gasteiger partial charge in [0.15, 0.2) is 6.10 Å². The molecule has 1 rings (SSSR count). The first-order valence-corrected chi connectivity index (χ1v) is 11.5. The Bertz CT molecular complexity index is 721. The number of cyclic esters (lactones) is 1. The van der Waals surface area contributed by atoms with Gasteiger partial charge in [-0.2, -0.15) is 4.90 Å². The third kappa shape index (κ3) is 9.75. The minimum absolute atomic E-state index is 0.137. The molecule has 1 heterocycles. The van der Waals surface area contributed by atoms with E-state index < -0.39 is 53.7 Å². The molecule has 0 bridgehead atoms. The largest absolute Gasteiger partial charge is 0.492 e. The molecule has 0 aromatic heterocycles. The van der Waals surface area contributed by atoms with E-state index in [1.54, 1.807) is 48.5 Å². The van der Waals surface area contributed by atoms with Gasteiger partial charge >= 0.3 is 18.2 Å². The number of esters is 1. The molecule has 1 aliphatic rings. The van der Waals surface area contributed by atoms with Gasteiger partial charge in [-0.15, -0.1) is 0 Å². The number of imide groups is 1. The van der Waals surface area contributed by atoms with E-state index in [9.17, 15) is 14.4 Å². The topological polar surface area (TPSA) is 101 Å². The fourth-order valence-electron chi connectivity index (χ4n) is 3.35. The van der Waals surface area contributed by atoms with Crippen molar-refractivity contribution in [3.8, 4) is 0 Å². The molecule has 0 saturated carbocycles. The maximum absolute atomic E-state index is 13.2. The normalized spacial score (nSPS) is 23.9. The van der Waals surface area contributed by atoms with Gasteiger partial charge in [-0.1, -0.05) is 18.7 Å². The molecular formula is C25H41NO8. The summed E-state index contributed by atoms with van der Waals surface area (Å²) in [4.78, 5) is 40.0. The van der Waals surface area contributed by atoms with E-state index in [2.05, 4.69) is 13.2 Å². The van der Waals surface area contributed by atoms with Gasteiger partial charge in [0.2, 0.25) is 0 Å². The fraction of sp³-hybridized carbons (Fsp3) is 0.720. The average molecular weight is 484 g/mol.